The lowest BCUT2D eigenvalue weighted by molar-refractivity contribution is 0.586. The predicted molar refractivity (Wildman–Crippen MR) is 68.8 cm³/mol. The lowest BCUT2D eigenvalue weighted by atomic mass is 10.2. The van der Waals surface area contributed by atoms with E-state index in [9.17, 15) is 0 Å². The second-order valence-electron chi connectivity index (χ2n) is 4.51. The van der Waals surface area contributed by atoms with E-state index >= 15 is 0 Å². The molecule has 1 N–H and O–H groups in total. The Labute approximate surface area is 106 Å². The first-order valence-corrected chi connectivity index (χ1v) is 6.96. The van der Waals surface area contributed by atoms with Crippen molar-refractivity contribution in [2.45, 2.75) is 43.3 Å². The number of rotatable bonds is 6. The summed E-state index contributed by atoms with van der Waals surface area (Å²) in [6, 6.07) is 5.02. The highest BCUT2D eigenvalue weighted by atomic mass is 32.2. The van der Waals surface area contributed by atoms with Crippen molar-refractivity contribution in [1.82, 2.24) is 15.1 Å². The monoisotopic (exact) mass is 250 g/mol. The van der Waals surface area contributed by atoms with Crippen LogP contribution >= 0.6 is 11.8 Å². The molecule has 1 atom stereocenters. The third kappa shape index (κ3) is 3.76. The SMILES string of the molecule is Cc1cc(SCCC(C#N)NC2CC2)n(C)n1. The van der Waals surface area contributed by atoms with Crippen LogP contribution in [0.4, 0.5) is 0 Å². The van der Waals surface area contributed by atoms with Gasteiger partial charge in [0, 0.05) is 18.8 Å². The summed E-state index contributed by atoms with van der Waals surface area (Å²) in [6.07, 6.45) is 3.35. The maximum absolute atomic E-state index is 9.02. The standard InChI is InChI=1S/C12H18N4S/c1-9-7-12(16(2)15-9)17-6-5-11(8-13)14-10-3-4-10/h7,10-11,14H,3-6H2,1-2H3. The first kappa shape index (κ1) is 12.5. The van der Waals surface area contributed by atoms with E-state index in [-0.39, 0.29) is 6.04 Å². The van der Waals surface area contributed by atoms with Crippen molar-refractivity contribution in [1.29, 1.82) is 5.26 Å². The van der Waals surface area contributed by atoms with Gasteiger partial charge in [0.25, 0.3) is 0 Å². The van der Waals surface area contributed by atoms with Crippen LogP contribution in [0.15, 0.2) is 11.1 Å². The molecule has 0 aromatic carbocycles. The molecule has 92 valence electrons. The Morgan fingerprint density at radius 1 is 1.71 bits per heavy atom. The van der Waals surface area contributed by atoms with Gasteiger partial charge in [-0.05, 0) is 32.3 Å². The molecule has 1 unspecified atom stereocenters. The van der Waals surface area contributed by atoms with E-state index in [4.69, 9.17) is 5.26 Å². The third-order valence-corrected chi connectivity index (χ3v) is 3.90. The fraction of sp³-hybridized carbons (Fsp3) is 0.667. The van der Waals surface area contributed by atoms with E-state index in [2.05, 4.69) is 22.6 Å². The largest absolute Gasteiger partial charge is 0.299 e. The molecule has 1 aromatic rings. The van der Waals surface area contributed by atoms with Crippen LogP contribution in [-0.4, -0.2) is 27.6 Å². The van der Waals surface area contributed by atoms with Gasteiger partial charge in [0.15, 0.2) is 0 Å². The molecule has 0 aliphatic heterocycles. The van der Waals surface area contributed by atoms with Crippen molar-refractivity contribution in [3.63, 3.8) is 0 Å². The molecule has 5 heteroatoms. The molecule has 0 amide bonds. The smallest absolute Gasteiger partial charge is 0.0963 e. The van der Waals surface area contributed by atoms with Crippen LogP contribution in [-0.2, 0) is 7.05 Å². The Bertz CT molecular complexity index is 417. The molecule has 0 bridgehead atoms. The van der Waals surface area contributed by atoms with Gasteiger partial charge in [-0.1, -0.05) is 0 Å². The Morgan fingerprint density at radius 3 is 3.00 bits per heavy atom. The molecule has 0 spiro atoms. The van der Waals surface area contributed by atoms with E-state index in [0.717, 1.165) is 17.9 Å². The topological polar surface area (TPSA) is 53.6 Å². The van der Waals surface area contributed by atoms with Crippen LogP contribution in [0, 0.1) is 18.3 Å². The van der Waals surface area contributed by atoms with Crippen molar-refractivity contribution in [3.8, 4) is 6.07 Å². The highest BCUT2D eigenvalue weighted by Gasteiger charge is 2.24. The summed E-state index contributed by atoms with van der Waals surface area (Å²) in [6.45, 7) is 2.00. The fourth-order valence-corrected chi connectivity index (χ4v) is 2.77. The summed E-state index contributed by atoms with van der Waals surface area (Å²) < 4.78 is 1.90. The van der Waals surface area contributed by atoms with Crippen LogP contribution in [0.25, 0.3) is 0 Å². The van der Waals surface area contributed by atoms with Crippen LogP contribution < -0.4 is 5.32 Å². The minimum atomic E-state index is 0.00400. The molecular formula is C12H18N4S. The molecule has 1 fully saturated rings. The molecule has 0 saturated heterocycles. The van der Waals surface area contributed by atoms with Crippen LogP contribution in [0.5, 0.6) is 0 Å². The molecule has 2 rings (SSSR count). The summed E-state index contributed by atoms with van der Waals surface area (Å²) in [5.41, 5.74) is 1.04. The fourth-order valence-electron chi connectivity index (χ4n) is 1.72. The summed E-state index contributed by atoms with van der Waals surface area (Å²) in [5.74, 6) is 0.955. The molecule has 1 aliphatic rings. The molecule has 1 saturated carbocycles. The van der Waals surface area contributed by atoms with E-state index in [0.29, 0.717) is 6.04 Å². The maximum Gasteiger partial charge on any atom is 0.0963 e. The number of nitrogens with one attached hydrogen (secondary N) is 1. The molecule has 17 heavy (non-hydrogen) atoms. The van der Waals surface area contributed by atoms with E-state index < -0.39 is 0 Å². The molecule has 1 aliphatic carbocycles. The van der Waals surface area contributed by atoms with Gasteiger partial charge >= 0.3 is 0 Å². The van der Waals surface area contributed by atoms with Crippen LogP contribution in [0.3, 0.4) is 0 Å². The zero-order valence-corrected chi connectivity index (χ0v) is 11.1. The highest BCUT2D eigenvalue weighted by molar-refractivity contribution is 7.99. The Balaban J connectivity index is 1.74. The second-order valence-corrected chi connectivity index (χ2v) is 5.62. The summed E-state index contributed by atoms with van der Waals surface area (Å²) in [4.78, 5) is 0. The van der Waals surface area contributed by atoms with Crippen molar-refractivity contribution in [3.05, 3.63) is 11.8 Å². The maximum atomic E-state index is 9.02. The van der Waals surface area contributed by atoms with Crippen LogP contribution in [0.2, 0.25) is 0 Å². The van der Waals surface area contributed by atoms with Gasteiger partial charge in [-0.3, -0.25) is 10.00 Å². The number of thioether (sulfide) groups is 1. The highest BCUT2D eigenvalue weighted by Crippen LogP contribution is 2.22. The van der Waals surface area contributed by atoms with Gasteiger partial charge < -0.3 is 0 Å². The third-order valence-electron chi connectivity index (χ3n) is 2.79. The van der Waals surface area contributed by atoms with E-state index in [1.165, 1.54) is 17.9 Å². The molecule has 1 aromatic heterocycles. The second kappa shape index (κ2) is 5.56. The van der Waals surface area contributed by atoms with Gasteiger partial charge in [0.1, 0.15) is 0 Å². The van der Waals surface area contributed by atoms with Crippen LogP contribution in [0.1, 0.15) is 25.0 Å². The quantitative estimate of drug-likeness (QED) is 0.783. The van der Waals surface area contributed by atoms with Gasteiger partial charge in [-0.25, -0.2) is 0 Å². The van der Waals surface area contributed by atoms with Gasteiger partial charge in [0.2, 0.25) is 0 Å². The zero-order chi connectivity index (χ0) is 12.3. The lowest BCUT2D eigenvalue weighted by Crippen LogP contribution is -2.29. The summed E-state index contributed by atoms with van der Waals surface area (Å²) >= 11 is 1.77. The van der Waals surface area contributed by atoms with Gasteiger partial charge in [-0.2, -0.15) is 10.4 Å². The van der Waals surface area contributed by atoms with Crippen molar-refractivity contribution in [2.24, 2.45) is 7.05 Å². The Morgan fingerprint density at radius 2 is 2.47 bits per heavy atom. The van der Waals surface area contributed by atoms with E-state index in [1.807, 2.05) is 18.7 Å². The van der Waals surface area contributed by atoms with Gasteiger partial charge in [-0.15, -0.1) is 11.8 Å². The minimum absolute atomic E-state index is 0.00400. The predicted octanol–water partition coefficient (Wildman–Crippen LogP) is 1.85. The normalized spacial score (nSPS) is 16.8. The van der Waals surface area contributed by atoms with Gasteiger partial charge in [0.05, 0.1) is 22.8 Å². The average molecular weight is 250 g/mol. The Kier molecular flexibility index (Phi) is 4.08. The number of hydrogen-bond acceptors (Lipinski definition) is 4. The van der Waals surface area contributed by atoms with Crippen molar-refractivity contribution >= 4 is 11.8 Å². The Hall–Kier alpha value is -0.990. The number of hydrogen-bond donors (Lipinski definition) is 1. The summed E-state index contributed by atoms with van der Waals surface area (Å²) in [5, 5.41) is 17.8. The first-order valence-electron chi connectivity index (χ1n) is 5.98. The summed E-state index contributed by atoms with van der Waals surface area (Å²) in [7, 11) is 1.96. The van der Waals surface area contributed by atoms with Crippen molar-refractivity contribution in [2.75, 3.05) is 5.75 Å². The molecule has 0 radical (unpaired) electrons. The number of nitriles is 1. The zero-order valence-electron chi connectivity index (χ0n) is 10.3. The molecular weight excluding hydrogens is 232 g/mol. The number of nitrogens with zero attached hydrogens (tertiary/aromatic N) is 3. The lowest BCUT2D eigenvalue weighted by Gasteiger charge is -2.09. The van der Waals surface area contributed by atoms with Crippen molar-refractivity contribution < 1.29 is 0 Å². The number of aromatic nitrogens is 2. The molecule has 4 nitrogen and oxygen atoms in total. The first-order chi connectivity index (χ1) is 8.19. The molecule has 1 heterocycles. The average Bonchev–Trinajstić information content (AvgIpc) is 3.04. The minimum Gasteiger partial charge on any atom is -0.299 e. The number of aryl methyl sites for hydroxylation is 2. The van der Waals surface area contributed by atoms with E-state index in [1.54, 1.807) is 11.8 Å².